The summed E-state index contributed by atoms with van der Waals surface area (Å²) in [4.78, 5) is 2.72. The van der Waals surface area contributed by atoms with Crippen LogP contribution in [0.2, 0.25) is 0 Å². The molecule has 2 fully saturated rings. The molecule has 0 amide bonds. The first-order valence-corrected chi connectivity index (χ1v) is 8.42. The first-order valence-electron chi connectivity index (χ1n) is 8.42. The lowest BCUT2D eigenvalue weighted by molar-refractivity contribution is 0.0727. The smallest absolute Gasteiger partial charge is 0.00134 e. The maximum absolute atomic E-state index is 3.51. The van der Waals surface area contributed by atoms with Crippen LogP contribution in [0.25, 0.3) is 0 Å². The van der Waals surface area contributed by atoms with Crippen molar-refractivity contribution in [2.45, 2.75) is 65.7 Å². The van der Waals surface area contributed by atoms with Crippen LogP contribution in [0.15, 0.2) is 0 Å². The Labute approximate surface area is 120 Å². The van der Waals surface area contributed by atoms with Crippen LogP contribution < -0.4 is 5.32 Å². The Morgan fingerprint density at radius 1 is 0.947 bits per heavy atom. The summed E-state index contributed by atoms with van der Waals surface area (Å²) in [5.74, 6) is 0. The summed E-state index contributed by atoms with van der Waals surface area (Å²) in [5, 5.41) is 3.51. The molecule has 2 rings (SSSR count). The quantitative estimate of drug-likeness (QED) is 0.781. The second-order valence-corrected chi connectivity index (χ2v) is 8.11. The third-order valence-corrected chi connectivity index (χ3v) is 5.23. The first kappa shape index (κ1) is 15.3. The average molecular weight is 266 g/mol. The molecule has 0 radical (unpaired) electrons. The second-order valence-electron chi connectivity index (χ2n) is 8.11. The Bertz CT molecular complexity index is 251. The number of likely N-dealkylation sites (tertiary alicyclic amines) is 1. The predicted molar refractivity (Wildman–Crippen MR) is 83.5 cm³/mol. The summed E-state index contributed by atoms with van der Waals surface area (Å²) in [6, 6.07) is 0. The van der Waals surface area contributed by atoms with Gasteiger partial charge >= 0.3 is 0 Å². The molecule has 2 saturated heterocycles. The van der Waals surface area contributed by atoms with E-state index < -0.39 is 0 Å². The lowest BCUT2D eigenvalue weighted by Gasteiger charge is -2.44. The topological polar surface area (TPSA) is 15.3 Å². The van der Waals surface area contributed by atoms with Crippen molar-refractivity contribution in [2.24, 2.45) is 10.8 Å². The van der Waals surface area contributed by atoms with Crippen LogP contribution >= 0.6 is 0 Å². The Morgan fingerprint density at radius 3 is 2.16 bits per heavy atom. The molecule has 0 aromatic heterocycles. The van der Waals surface area contributed by atoms with Gasteiger partial charge in [-0.25, -0.2) is 0 Å². The zero-order chi connectivity index (χ0) is 13.8. The van der Waals surface area contributed by atoms with Crippen molar-refractivity contribution in [3.05, 3.63) is 0 Å². The van der Waals surface area contributed by atoms with Gasteiger partial charge in [0.15, 0.2) is 0 Å². The van der Waals surface area contributed by atoms with E-state index in [9.17, 15) is 0 Å². The van der Waals surface area contributed by atoms with E-state index in [1.165, 1.54) is 77.7 Å². The molecule has 2 nitrogen and oxygen atoms in total. The number of nitrogens with one attached hydrogen (secondary N) is 1. The normalized spacial score (nSPS) is 24.8. The van der Waals surface area contributed by atoms with E-state index in [0.29, 0.717) is 10.8 Å². The highest BCUT2D eigenvalue weighted by molar-refractivity contribution is 4.89. The minimum absolute atomic E-state index is 0.515. The number of rotatable bonds is 4. The molecule has 0 unspecified atom stereocenters. The minimum atomic E-state index is 0.515. The Balaban J connectivity index is 1.61. The SMILES string of the molecule is CC(C)(C)CCCCN1CCC2(CCNCC2)CC1. The Hall–Kier alpha value is -0.0800. The van der Waals surface area contributed by atoms with Gasteiger partial charge in [0.25, 0.3) is 0 Å². The molecule has 1 spiro atoms. The summed E-state index contributed by atoms with van der Waals surface area (Å²) in [7, 11) is 0. The molecule has 2 aliphatic heterocycles. The number of hydrogen-bond donors (Lipinski definition) is 1. The number of nitrogens with zero attached hydrogens (tertiary/aromatic N) is 1. The van der Waals surface area contributed by atoms with Gasteiger partial charge in [-0.1, -0.05) is 27.2 Å². The second kappa shape index (κ2) is 6.58. The molecule has 0 aliphatic carbocycles. The minimum Gasteiger partial charge on any atom is -0.317 e. The summed E-state index contributed by atoms with van der Waals surface area (Å²) >= 11 is 0. The van der Waals surface area contributed by atoms with Gasteiger partial charge in [0.05, 0.1) is 0 Å². The van der Waals surface area contributed by atoms with Gasteiger partial charge in [0, 0.05) is 0 Å². The van der Waals surface area contributed by atoms with Gasteiger partial charge in [-0.3, -0.25) is 0 Å². The van der Waals surface area contributed by atoms with Crippen molar-refractivity contribution in [3.8, 4) is 0 Å². The molecular formula is C17H34N2. The van der Waals surface area contributed by atoms with Gasteiger partial charge in [-0.05, 0) is 82.1 Å². The third-order valence-electron chi connectivity index (χ3n) is 5.23. The van der Waals surface area contributed by atoms with E-state index in [4.69, 9.17) is 0 Å². The molecule has 0 saturated carbocycles. The van der Waals surface area contributed by atoms with Crippen molar-refractivity contribution < 1.29 is 0 Å². The summed E-state index contributed by atoms with van der Waals surface area (Å²) in [6.45, 7) is 13.6. The van der Waals surface area contributed by atoms with Crippen LogP contribution in [0.5, 0.6) is 0 Å². The van der Waals surface area contributed by atoms with Crippen LogP contribution in [0.3, 0.4) is 0 Å². The highest BCUT2D eigenvalue weighted by Crippen LogP contribution is 2.39. The van der Waals surface area contributed by atoms with E-state index in [1.807, 2.05) is 0 Å². The summed E-state index contributed by atoms with van der Waals surface area (Å²) < 4.78 is 0. The van der Waals surface area contributed by atoms with Crippen molar-refractivity contribution >= 4 is 0 Å². The van der Waals surface area contributed by atoms with Crippen LogP contribution in [-0.2, 0) is 0 Å². The number of piperidine rings is 2. The molecule has 19 heavy (non-hydrogen) atoms. The Kier molecular flexibility index (Phi) is 5.30. The maximum Gasteiger partial charge on any atom is -0.00134 e. The molecule has 0 aromatic carbocycles. The zero-order valence-corrected chi connectivity index (χ0v) is 13.4. The molecule has 2 aliphatic rings. The third kappa shape index (κ3) is 5.07. The van der Waals surface area contributed by atoms with Crippen LogP contribution in [-0.4, -0.2) is 37.6 Å². The van der Waals surface area contributed by atoms with Gasteiger partial charge in [0.1, 0.15) is 0 Å². The van der Waals surface area contributed by atoms with Crippen molar-refractivity contribution in [2.75, 3.05) is 32.7 Å². The average Bonchev–Trinajstić information content (AvgIpc) is 2.37. The molecule has 0 atom stereocenters. The molecule has 0 aromatic rings. The monoisotopic (exact) mass is 266 g/mol. The van der Waals surface area contributed by atoms with Gasteiger partial charge in [-0.2, -0.15) is 0 Å². The van der Waals surface area contributed by atoms with Crippen LogP contribution in [0, 0.1) is 10.8 Å². The van der Waals surface area contributed by atoms with Gasteiger partial charge in [0.2, 0.25) is 0 Å². The lowest BCUT2D eigenvalue weighted by atomic mass is 9.71. The molecule has 2 heteroatoms. The van der Waals surface area contributed by atoms with Crippen molar-refractivity contribution in [3.63, 3.8) is 0 Å². The standard InChI is InChI=1S/C17H34N2/c1-16(2,3)6-4-5-13-19-14-9-17(10-15-19)7-11-18-12-8-17/h18H,4-15H2,1-3H3. The predicted octanol–water partition coefficient (Wildman–Crippen LogP) is 3.67. The zero-order valence-electron chi connectivity index (χ0n) is 13.4. The highest BCUT2D eigenvalue weighted by atomic mass is 15.1. The van der Waals surface area contributed by atoms with E-state index in [0.717, 1.165) is 0 Å². The molecule has 2 heterocycles. The van der Waals surface area contributed by atoms with E-state index in [2.05, 4.69) is 31.0 Å². The fraction of sp³-hybridized carbons (Fsp3) is 1.00. The first-order chi connectivity index (χ1) is 8.99. The summed E-state index contributed by atoms with van der Waals surface area (Å²) in [5.41, 5.74) is 1.23. The van der Waals surface area contributed by atoms with Crippen molar-refractivity contribution in [1.29, 1.82) is 0 Å². The van der Waals surface area contributed by atoms with Gasteiger partial charge < -0.3 is 10.2 Å². The maximum atomic E-state index is 3.51. The van der Waals surface area contributed by atoms with E-state index >= 15 is 0 Å². The van der Waals surface area contributed by atoms with Crippen molar-refractivity contribution in [1.82, 2.24) is 10.2 Å². The molecule has 112 valence electrons. The number of unbranched alkanes of at least 4 members (excludes halogenated alkanes) is 1. The summed E-state index contributed by atoms with van der Waals surface area (Å²) in [6.07, 6.45) is 9.91. The van der Waals surface area contributed by atoms with E-state index in [-0.39, 0.29) is 0 Å². The molecule has 1 N–H and O–H groups in total. The van der Waals surface area contributed by atoms with Crippen LogP contribution in [0.4, 0.5) is 0 Å². The van der Waals surface area contributed by atoms with Gasteiger partial charge in [-0.15, -0.1) is 0 Å². The van der Waals surface area contributed by atoms with Crippen LogP contribution in [0.1, 0.15) is 65.7 Å². The Morgan fingerprint density at radius 2 is 1.58 bits per heavy atom. The molecular weight excluding hydrogens is 232 g/mol. The highest BCUT2D eigenvalue weighted by Gasteiger charge is 2.35. The largest absolute Gasteiger partial charge is 0.317 e. The lowest BCUT2D eigenvalue weighted by Crippen LogP contribution is -2.45. The fourth-order valence-electron chi connectivity index (χ4n) is 3.70. The fourth-order valence-corrected chi connectivity index (χ4v) is 3.70. The number of hydrogen-bond acceptors (Lipinski definition) is 2. The molecule has 0 bridgehead atoms. The van der Waals surface area contributed by atoms with E-state index in [1.54, 1.807) is 0 Å².